The quantitative estimate of drug-likeness (QED) is 0.799. The lowest BCUT2D eigenvalue weighted by Gasteiger charge is -2.10. The molecule has 0 aliphatic carbocycles. The fourth-order valence-electron chi connectivity index (χ4n) is 2.30. The van der Waals surface area contributed by atoms with Crippen LogP contribution in [-0.4, -0.2) is 33.1 Å². The zero-order valence-electron chi connectivity index (χ0n) is 12.3. The number of ether oxygens (including phenoxy) is 1. The Bertz CT molecular complexity index is 631. The van der Waals surface area contributed by atoms with Gasteiger partial charge in [-0.05, 0) is 39.8 Å². The van der Waals surface area contributed by atoms with Gasteiger partial charge in [0.1, 0.15) is 0 Å². The van der Waals surface area contributed by atoms with Gasteiger partial charge < -0.3 is 4.74 Å². The molecule has 6 heteroatoms. The molecule has 6 nitrogen and oxygen atoms in total. The SMILES string of the molecule is COC(=O)C(C)c1c(C)nn(-c2ccc(C)nn2)c1C. The maximum atomic E-state index is 11.7. The van der Waals surface area contributed by atoms with Crippen molar-refractivity contribution >= 4 is 5.97 Å². The van der Waals surface area contributed by atoms with Crippen molar-refractivity contribution in [3.63, 3.8) is 0 Å². The van der Waals surface area contributed by atoms with Crippen molar-refractivity contribution in [1.29, 1.82) is 0 Å². The van der Waals surface area contributed by atoms with Crippen LogP contribution in [0.3, 0.4) is 0 Å². The number of carbonyl (C=O) groups excluding carboxylic acids is 1. The maximum Gasteiger partial charge on any atom is 0.312 e. The highest BCUT2D eigenvalue weighted by molar-refractivity contribution is 5.78. The molecule has 2 rings (SSSR count). The summed E-state index contributed by atoms with van der Waals surface area (Å²) in [5, 5.41) is 12.6. The van der Waals surface area contributed by atoms with Gasteiger partial charge in [-0.1, -0.05) is 0 Å². The lowest BCUT2D eigenvalue weighted by molar-refractivity contribution is -0.142. The summed E-state index contributed by atoms with van der Waals surface area (Å²) in [6.07, 6.45) is 0. The highest BCUT2D eigenvalue weighted by Gasteiger charge is 2.24. The predicted molar refractivity (Wildman–Crippen MR) is 73.8 cm³/mol. The molecule has 0 saturated heterocycles. The zero-order valence-corrected chi connectivity index (χ0v) is 12.3. The Morgan fingerprint density at radius 3 is 2.50 bits per heavy atom. The van der Waals surface area contributed by atoms with Gasteiger partial charge in [0.2, 0.25) is 0 Å². The van der Waals surface area contributed by atoms with Crippen molar-refractivity contribution in [1.82, 2.24) is 20.0 Å². The number of carbonyl (C=O) groups is 1. The highest BCUT2D eigenvalue weighted by atomic mass is 16.5. The summed E-state index contributed by atoms with van der Waals surface area (Å²) in [4.78, 5) is 11.7. The van der Waals surface area contributed by atoms with Crippen LogP contribution < -0.4 is 0 Å². The Kier molecular flexibility index (Phi) is 3.83. The topological polar surface area (TPSA) is 69.9 Å². The van der Waals surface area contributed by atoms with Gasteiger partial charge in [-0.2, -0.15) is 10.2 Å². The molecular formula is C14H18N4O2. The molecule has 1 unspecified atom stereocenters. The summed E-state index contributed by atoms with van der Waals surface area (Å²) in [6, 6.07) is 3.73. The maximum absolute atomic E-state index is 11.7. The average Bonchev–Trinajstić information content (AvgIpc) is 2.73. The highest BCUT2D eigenvalue weighted by Crippen LogP contribution is 2.25. The van der Waals surface area contributed by atoms with E-state index in [1.54, 1.807) is 4.68 Å². The summed E-state index contributed by atoms with van der Waals surface area (Å²) in [7, 11) is 1.39. The van der Waals surface area contributed by atoms with E-state index in [1.165, 1.54) is 7.11 Å². The molecule has 0 saturated carbocycles. The summed E-state index contributed by atoms with van der Waals surface area (Å²) in [5.41, 5.74) is 3.39. The van der Waals surface area contributed by atoms with Gasteiger partial charge in [0.15, 0.2) is 5.82 Å². The van der Waals surface area contributed by atoms with Gasteiger partial charge >= 0.3 is 5.97 Å². The Labute approximate surface area is 117 Å². The number of esters is 1. The molecule has 2 aromatic heterocycles. The molecule has 106 valence electrons. The lowest BCUT2D eigenvalue weighted by atomic mass is 9.99. The summed E-state index contributed by atoms with van der Waals surface area (Å²) < 4.78 is 6.51. The third-order valence-electron chi connectivity index (χ3n) is 3.34. The smallest absolute Gasteiger partial charge is 0.312 e. The third-order valence-corrected chi connectivity index (χ3v) is 3.34. The standard InChI is InChI=1S/C14H18N4O2/c1-8-6-7-12(16-15-8)18-11(4)13(10(3)17-18)9(2)14(19)20-5/h6-7,9H,1-5H3. The van der Waals surface area contributed by atoms with E-state index < -0.39 is 0 Å². The first-order valence-corrected chi connectivity index (χ1v) is 6.40. The first-order valence-electron chi connectivity index (χ1n) is 6.40. The van der Waals surface area contributed by atoms with Gasteiger partial charge in [-0.25, -0.2) is 4.68 Å². The van der Waals surface area contributed by atoms with Crippen molar-refractivity contribution in [2.45, 2.75) is 33.6 Å². The normalized spacial score (nSPS) is 12.2. The van der Waals surface area contributed by atoms with Gasteiger partial charge in [0.25, 0.3) is 0 Å². The molecule has 2 aromatic rings. The van der Waals surface area contributed by atoms with Gasteiger partial charge in [0, 0.05) is 11.3 Å². The largest absolute Gasteiger partial charge is 0.469 e. The second-order valence-electron chi connectivity index (χ2n) is 4.77. The van der Waals surface area contributed by atoms with Crippen LogP contribution in [0.1, 0.15) is 35.5 Å². The second kappa shape index (κ2) is 5.40. The molecule has 0 bridgehead atoms. The molecule has 0 aliphatic rings. The molecule has 0 aromatic carbocycles. The van der Waals surface area contributed by atoms with Crippen molar-refractivity contribution < 1.29 is 9.53 Å². The number of nitrogens with zero attached hydrogens (tertiary/aromatic N) is 4. The van der Waals surface area contributed by atoms with E-state index in [4.69, 9.17) is 4.74 Å². The van der Waals surface area contributed by atoms with Crippen LogP contribution in [0.25, 0.3) is 5.82 Å². The van der Waals surface area contributed by atoms with Crippen molar-refractivity contribution in [3.05, 3.63) is 34.8 Å². The van der Waals surface area contributed by atoms with E-state index in [2.05, 4.69) is 15.3 Å². The Morgan fingerprint density at radius 1 is 1.25 bits per heavy atom. The zero-order chi connectivity index (χ0) is 14.9. The molecule has 0 N–H and O–H groups in total. The molecule has 0 fully saturated rings. The minimum atomic E-state index is -0.354. The van der Waals surface area contributed by atoms with Gasteiger partial charge in [-0.3, -0.25) is 4.79 Å². The van der Waals surface area contributed by atoms with Crippen LogP contribution in [0.15, 0.2) is 12.1 Å². The molecule has 20 heavy (non-hydrogen) atoms. The minimum absolute atomic E-state index is 0.272. The van der Waals surface area contributed by atoms with E-state index >= 15 is 0 Å². The van der Waals surface area contributed by atoms with Crippen molar-refractivity contribution in [3.8, 4) is 5.82 Å². The summed E-state index contributed by atoms with van der Waals surface area (Å²) >= 11 is 0. The van der Waals surface area contributed by atoms with Crippen LogP contribution in [0, 0.1) is 20.8 Å². The number of aryl methyl sites for hydroxylation is 2. The van der Waals surface area contributed by atoms with Crippen molar-refractivity contribution in [2.24, 2.45) is 0 Å². The molecule has 0 spiro atoms. The van der Waals surface area contributed by atoms with Crippen LogP contribution in [-0.2, 0) is 9.53 Å². The third kappa shape index (κ3) is 2.41. The number of rotatable bonds is 3. The predicted octanol–water partition coefficient (Wildman–Crippen LogP) is 1.86. The number of methoxy groups -OCH3 is 1. The Morgan fingerprint density at radius 2 is 1.95 bits per heavy atom. The molecule has 0 radical (unpaired) electrons. The average molecular weight is 274 g/mol. The van der Waals surface area contributed by atoms with E-state index in [0.29, 0.717) is 5.82 Å². The molecule has 0 amide bonds. The van der Waals surface area contributed by atoms with Crippen LogP contribution in [0.2, 0.25) is 0 Å². The van der Waals surface area contributed by atoms with Crippen molar-refractivity contribution in [2.75, 3.05) is 7.11 Å². The van der Waals surface area contributed by atoms with E-state index in [9.17, 15) is 4.79 Å². The molecular weight excluding hydrogens is 256 g/mol. The number of hydrogen-bond acceptors (Lipinski definition) is 5. The Hall–Kier alpha value is -2.24. The first-order chi connectivity index (χ1) is 9.45. The first kappa shape index (κ1) is 14.2. The fraction of sp³-hybridized carbons (Fsp3) is 0.429. The van der Waals surface area contributed by atoms with Gasteiger partial charge in [-0.15, -0.1) is 5.10 Å². The number of aromatic nitrogens is 4. The van der Waals surface area contributed by atoms with Crippen LogP contribution in [0.4, 0.5) is 0 Å². The lowest BCUT2D eigenvalue weighted by Crippen LogP contribution is -2.12. The monoisotopic (exact) mass is 274 g/mol. The summed E-state index contributed by atoms with van der Waals surface area (Å²) in [6.45, 7) is 7.48. The summed E-state index contributed by atoms with van der Waals surface area (Å²) in [5.74, 6) is 0.0115. The molecule has 1 atom stereocenters. The Balaban J connectivity index is 2.48. The molecule has 2 heterocycles. The number of hydrogen-bond donors (Lipinski definition) is 0. The van der Waals surface area contributed by atoms with Crippen LogP contribution in [0.5, 0.6) is 0 Å². The van der Waals surface area contributed by atoms with E-state index in [1.807, 2.05) is 39.8 Å². The minimum Gasteiger partial charge on any atom is -0.469 e. The van der Waals surface area contributed by atoms with E-state index in [-0.39, 0.29) is 11.9 Å². The molecule has 0 aliphatic heterocycles. The van der Waals surface area contributed by atoms with Gasteiger partial charge in [0.05, 0.1) is 24.4 Å². The second-order valence-corrected chi connectivity index (χ2v) is 4.77. The fourth-order valence-corrected chi connectivity index (χ4v) is 2.30. The van der Waals surface area contributed by atoms with E-state index in [0.717, 1.165) is 22.6 Å². The van der Waals surface area contributed by atoms with Crippen LogP contribution >= 0.6 is 0 Å².